The Morgan fingerprint density at radius 3 is 2.58 bits per heavy atom. The molecule has 118 valence electrons. The molecule has 0 radical (unpaired) electrons. The second-order valence-corrected chi connectivity index (χ2v) is 6.13. The van der Waals surface area contributed by atoms with E-state index in [9.17, 15) is 4.79 Å². The molecule has 0 spiro atoms. The zero-order chi connectivity index (χ0) is 17.5. The summed E-state index contributed by atoms with van der Waals surface area (Å²) in [4.78, 5) is 20.7. The molecule has 0 aliphatic carbocycles. The summed E-state index contributed by atoms with van der Waals surface area (Å²) in [5.41, 5.74) is 2.25. The average Bonchev–Trinajstić information content (AvgIpc) is 2.77. The van der Waals surface area contributed by atoms with E-state index in [1.165, 1.54) is 0 Å². The molecule has 3 rings (SSSR count). The van der Waals surface area contributed by atoms with E-state index in [2.05, 4.69) is 29.9 Å². The van der Waals surface area contributed by atoms with Crippen LogP contribution in [0.4, 0.5) is 5.69 Å². The molecule has 6 heteroatoms. The van der Waals surface area contributed by atoms with E-state index in [4.69, 9.17) is 10.5 Å². The molecule has 0 saturated carbocycles. The van der Waals surface area contributed by atoms with Gasteiger partial charge in [0.1, 0.15) is 17.8 Å². The van der Waals surface area contributed by atoms with Crippen LogP contribution in [0.15, 0.2) is 34.8 Å². The van der Waals surface area contributed by atoms with Crippen LogP contribution in [0, 0.1) is 22.7 Å². The van der Waals surface area contributed by atoms with Gasteiger partial charge in [0.25, 0.3) is 5.56 Å². The number of anilines is 1. The molecule has 6 nitrogen and oxygen atoms in total. The van der Waals surface area contributed by atoms with E-state index in [-0.39, 0.29) is 22.5 Å². The van der Waals surface area contributed by atoms with E-state index >= 15 is 0 Å². The number of allylic oxidation sites excluding steroid dienone is 1. The highest BCUT2D eigenvalue weighted by molar-refractivity contribution is 5.74. The van der Waals surface area contributed by atoms with Crippen LogP contribution in [0.3, 0.4) is 0 Å². The Kier molecular flexibility index (Phi) is 3.47. The summed E-state index contributed by atoms with van der Waals surface area (Å²) in [7, 11) is 1.93. The predicted octanol–water partition coefficient (Wildman–Crippen LogP) is 2.28. The van der Waals surface area contributed by atoms with Gasteiger partial charge in [-0.2, -0.15) is 10.5 Å². The Morgan fingerprint density at radius 2 is 1.96 bits per heavy atom. The molecule has 0 unspecified atom stereocenters. The monoisotopic (exact) mass is 317 g/mol. The summed E-state index contributed by atoms with van der Waals surface area (Å²) in [6.45, 7) is 4.15. The molecule has 1 aromatic carbocycles. The van der Waals surface area contributed by atoms with Crippen molar-refractivity contribution in [2.45, 2.75) is 19.3 Å². The van der Waals surface area contributed by atoms with Crippen LogP contribution >= 0.6 is 0 Å². The van der Waals surface area contributed by atoms with Crippen LogP contribution < -0.4 is 10.5 Å². The number of aromatic nitrogens is 2. The largest absolute Gasteiger partial charge is 0.347 e. The van der Waals surface area contributed by atoms with Crippen molar-refractivity contribution in [2.24, 2.45) is 0 Å². The van der Waals surface area contributed by atoms with Gasteiger partial charge in [0.2, 0.25) is 0 Å². The quantitative estimate of drug-likeness (QED) is 0.870. The lowest BCUT2D eigenvalue weighted by Crippen LogP contribution is -2.24. The number of likely N-dealkylation sites (N-methyl/N-ethyl adjacent to an activating group) is 1. The normalized spacial score (nSPS) is 16.5. The van der Waals surface area contributed by atoms with Crippen molar-refractivity contribution >= 4 is 11.8 Å². The second kappa shape index (κ2) is 5.36. The van der Waals surface area contributed by atoms with Gasteiger partial charge >= 0.3 is 0 Å². The second-order valence-electron chi connectivity index (χ2n) is 6.13. The Balaban J connectivity index is 2.20. The fourth-order valence-electron chi connectivity index (χ4n) is 3.11. The van der Waals surface area contributed by atoms with Gasteiger partial charge in [-0.3, -0.25) is 4.79 Å². The van der Waals surface area contributed by atoms with Crippen molar-refractivity contribution in [3.63, 3.8) is 0 Å². The first-order valence-corrected chi connectivity index (χ1v) is 7.40. The summed E-state index contributed by atoms with van der Waals surface area (Å²) in [6, 6.07) is 11.7. The van der Waals surface area contributed by atoms with Crippen LogP contribution in [0.25, 0.3) is 6.08 Å². The highest BCUT2D eigenvalue weighted by atomic mass is 16.1. The highest BCUT2D eigenvalue weighted by Crippen LogP contribution is 2.46. The molecule has 24 heavy (non-hydrogen) atoms. The van der Waals surface area contributed by atoms with Gasteiger partial charge < -0.3 is 9.88 Å². The molecule has 2 heterocycles. The Bertz CT molecular complexity index is 1000. The van der Waals surface area contributed by atoms with E-state index in [0.717, 1.165) is 16.9 Å². The molecule has 0 fully saturated rings. The minimum absolute atomic E-state index is 0.0834. The minimum atomic E-state index is -0.488. The van der Waals surface area contributed by atoms with E-state index in [1.54, 1.807) is 12.1 Å². The number of nitrogens with zero attached hydrogens (tertiary/aromatic N) is 4. The molecular weight excluding hydrogens is 302 g/mol. The number of nitriles is 2. The molecule has 0 saturated heterocycles. The Labute approximate surface area is 139 Å². The number of fused-ring (bicyclic) bond motifs is 1. The molecule has 0 atom stereocenters. The van der Waals surface area contributed by atoms with Crippen molar-refractivity contribution in [3.8, 4) is 12.1 Å². The lowest BCUT2D eigenvalue weighted by molar-refractivity contribution is 0.644. The first-order chi connectivity index (χ1) is 11.4. The molecule has 1 N–H and O–H groups in total. The molecule has 0 bridgehead atoms. The average molecular weight is 317 g/mol. The highest BCUT2D eigenvalue weighted by Gasteiger charge is 2.38. The zero-order valence-corrected chi connectivity index (χ0v) is 13.6. The van der Waals surface area contributed by atoms with Crippen LogP contribution in [0.2, 0.25) is 0 Å². The number of para-hydroxylation sites is 1. The number of hydrogen-bond donors (Lipinski definition) is 1. The van der Waals surface area contributed by atoms with Crippen molar-refractivity contribution in [3.05, 3.63) is 63.0 Å². The first-order valence-electron chi connectivity index (χ1n) is 7.40. The molecular formula is C18H15N5O. The lowest BCUT2D eigenvalue weighted by atomic mass is 9.83. The third-order valence-corrected chi connectivity index (χ3v) is 4.37. The van der Waals surface area contributed by atoms with Gasteiger partial charge in [0.15, 0.2) is 11.4 Å². The lowest BCUT2D eigenvalue weighted by Gasteiger charge is -2.24. The van der Waals surface area contributed by atoms with Crippen LogP contribution in [-0.2, 0) is 5.41 Å². The first kappa shape index (κ1) is 15.5. The van der Waals surface area contributed by atoms with Gasteiger partial charge in [0, 0.05) is 23.8 Å². The third kappa shape index (κ3) is 2.17. The number of benzene rings is 1. The minimum Gasteiger partial charge on any atom is -0.347 e. The number of nitrogens with one attached hydrogen (secondary N) is 1. The van der Waals surface area contributed by atoms with Gasteiger partial charge in [-0.25, -0.2) is 4.98 Å². The van der Waals surface area contributed by atoms with Crippen LogP contribution in [0.1, 0.15) is 36.5 Å². The smallest absolute Gasteiger partial charge is 0.274 e. The van der Waals surface area contributed by atoms with Crippen molar-refractivity contribution in [1.82, 2.24) is 9.97 Å². The van der Waals surface area contributed by atoms with Gasteiger partial charge in [0.05, 0.1) is 0 Å². The predicted molar refractivity (Wildman–Crippen MR) is 90.1 cm³/mol. The number of H-pyrrole nitrogens is 1. The molecule has 1 aliphatic rings. The maximum atomic E-state index is 12.2. The molecule has 2 aromatic rings. The van der Waals surface area contributed by atoms with Crippen molar-refractivity contribution in [1.29, 1.82) is 10.5 Å². The van der Waals surface area contributed by atoms with Gasteiger partial charge in [-0.05, 0) is 17.7 Å². The fraction of sp³-hybridized carbons (Fsp3) is 0.222. The van der Waals surface area contributed by atoms with Crippen molar-refractivity contribution in [2.75, 3.05) is 11.9 Å². The number of hydrogen-bond acceptors (Lipinski definition) is 5. The van der Waals surface area contributed by atoms with E-state index in [1.807, 2.05) is 36.2 Å². The van der Waals surface area contributed by atoms with E-state index in [0.29, 0.717) is 0 Å². The number of rotatable bonds is 1. The van der Waals surface area contributed by atoms with Crippen molar-refractivity contribution < 1.29 is 0 Å². The number of aromatic amines is 1. The third-order valence-electron chi connectivity index (χ3n) is 4.37. The maximum absolute atomic E-state index is 12.2. The van der Waals surface area contributed by atoms with Gasteiger partial charge in [-0.15, -0.1) is 0 Å². The topological polar surface area (TPSA) is 96.6 Å². The Hall–Kier alpha value is -3.38. The summed E-state index contributed by atoms with van der Waals surface area (Å²) < 4.78 is 0. The van der Waals surface area contributed by atoms with Crippen LogP contribution in [-0.4, -0.2) is 17.0 Å². The Morgan fingerprint density at radius 1 is 1.25 bits per heavy atom. The maximum Gasteiger partial charge on any atom is 0.274 e. The SMILES string of the molecule is CN1/C(=C/c2nc(C#N)c(C#N)[nH]c2=O)C(C)(C)c2ccccc21. The summed E-state index contributed by atoms with van der Waals surface area (Å²) in [6.07, 6.45) is 1.68. The molecule has 1 aliphatic heterocycles. The molecule has 1 aromatic heterocycles. The van der Waals surface area contributed by atoms with E-state index < -0.39 is 5.56 Å². The fourth-order valence-corrected chi connectivity index (χ4v) is 3.11. The summed E-state index contributed by atoms with van der Waals surface area (Å²) in [5, 5.41) is 18.1. The van der Waals surface area contributed by atoms with Crippen LogP contribution in [0.5, 0.6) is 0 Å². The molecule has 0 amide bonds. The standard InChI is InChI=1S/C18H15N5O/c1-18(2)11-6-4-5-7-15(11)23(3)16(18)8-12-17(24)22-14(10-20)13(9-19)21-12/h4-8H,1-3H3,(H,22,24)/b16-8+. The summed E-state index contributed by atoms with van der Waals surface area (Å²) >= 11 is 0. The van der Waals surface area contributed by atoms with Gasteiger partial charge in [-0.1, -0.05) is 32.0 Å². The summed E-state index contributed by atoms with van der Waals surface area (Å²) in [5.74, 6) is 0. The zero-order valence-electron chi connectivity index (χ0n) is 13.6.